The Hall–Kier alpha value is -3.51. The molecule has 0 saturated heterocycles. The molecule has 0 spiro atoms. The van der Waals surface area contributed by atoms with Crippen LogP contribution in [0.4, 0.5) is 10.3 Å². The summed E-state index contributed by atoms with van der Waals surface area (Å²) in [6.45, 7) is 9.61. The standard InChI is InChI=1S/C25H28N6O4S2/c1-5-29(15(3)32)24-26-17(13-36-24)12-31-20-11-22-21(34-8-7-9-35-22)10-18(20)27-23(31)19-14-37-25(28-19)30(6-2)16(4)33/h10-11,13-14H,5-9,12H2,1-4H3. The zero-order chi connectivity index (χ0) is 26.1. The number of imidazole rings is 1. The zero-order valence-electron chi connectivity index (χ0n) is 21.2. The molecule has 1 aliphatic heterocycles. The summed E-state index contributed by atoms with van der Waals surface area (Å²) < 4.78 is 13.9. The van der Waals surface area contributed by atoms with Gasteiger partial charge in [-0.15, -0.1) is 22.7 Å². The first-order valence-corrected chi connectivity index (χ1v) is 13.9. The number of rotatable bonds is 7. The molecule has 194 valence electrons. The minimum atomic E-state index is -0.0594. The van der Waals surface area contributed by atoms with E-state index >= 15 is 0 Å². The lowest BCUT2D eigenvalue weighted by atomic mass is 10.2. The number of aromatic nitrogens is 4. The number of hydrogen-bond donors (Lipinski definition) is 0. The predicted molar refractivity (Wildman–Crippen MR) is 145 cm³/mol. The van der Waals surface area contributed by atoms with Crippen LogP contribution in [0.1, 0.15) is 39.8 Å². The van der Waals surface area contributed by atoms with Gasteiger partial charge in [0.05, 0.1) is 36.5 Å². The van der Waals surface area contributed by atoms with E-state index < -0.39 is 0 Å². The van der Waals surface area contributed by atoms with Gasteiger partial charge in [0, 0.05) is 56.3 Å². The van der Waals surface area contributed by atoms with E-state index in [4.69, 9.17) is 24.4 Å². The van der Waals surface area contributed by atoms with Crippen molar-refractivity contribution >= 4 is 55.8 Å². The summed E-state index contributed by atoms with van der Waals surface area (Å²) in [6, 6.07) is 3.85. The maximum atomic E-state index is 12.1. The summed E-state index contributed by atoms with van der Waals surface area (Å²) in [7, 11) is 0. The van der Waals surface area contributed by atoms with E-state index in [9.17, 15) is 9.59 Å². The van der Waals surface area contributed by atoms with E-state index in [1.807, 2.05) is 36.7 Å². The summed E-state index contributed by atoms with van der Waals surface area (Å²) >= 11 is 2.84. The molecule has 0 bridgehead atoms. The van der Waals surface area contributed by atoms with Crippen LogP contribution in [-0.4, -0.2) is 57.6 Å². The minimum absolute atomic E-state index is 0.0436. The van der Waals surface area contributed by atoms with E-state index in [-0.39, 0.29) is 11.8 Å². The number of anilines is 2. The van der Waals surface area contributed by atoms with Gasteiger partial charge in [0.15, 0.2) is 27.6 Å². The van der Waals surface area contributed by atoms with Gasteiger partial charge >= 0.3 is 0 Å². The molecule has 1 aromatic carbocycles. The quantitative estimate of drug-likeness (QED) is 0.338. The molecule has 5 rings (SSSR count). The number of hydrogen-bond acceptors (Lipinski definition) is 9. The van der Waals surface area contributed by atoms with Gasteiger partial charge in [-0.1, -0.05) is 0 Å². The molecule has 1 aliphatic rings. The van der Waals surface area contributed by atoms with Crippen LogP contribution < -0.4 is 19.3 Å². The highest BCUT2D eigenvalue weighted by molar-refractivity contribution is 7.14. The second kappa shape index (κ2) is 10.5. The van der Waals surface area contributed by atoms with Gasteiger partial charge in [-0.2, -0.15) is 0 Å². The normalized spacial score (nSPS) is 13.0. The Morgan fingerprint density at radius 1 is 0.919 bits per heavy atom. The van der Waals surface area contributed by atoms with E-state index in [2.05, 4.69) is 4.57 Å². The number of carbonyl (C=O) groups is 2. The van der Waals surface area contributed by atoms with Gasteiger partial charge in [0.25, 0.3) is 0 Å². The topological polar surface area (TPSA) is 103 Å². The summed E-state index contributed by atoms with van der Waals surface area (Å²) in [5, 5.41) is 5.16. The Balaban J connectivity index is 1.61. The molecule has 0 saturated carbocycles. The van der Waals surface area contributed by atoms with Crippen LogP contribution in [-0.2, 0) is 16.1 Å². The highest BCUT2D eigenvalue weighted by atomic mass is 32.1. The number of carbonyl (C=O) groups excluding carboxylic acids is 2. The third kappa shape index (κ3) is 4.90. The number of benzene rings is 1. The van der Waals surface area contributed by atoms with Crippen molar-refractivity contribution in [1.82, 2.24) is 19.5 Å². The molecule has 12 heteroatoms. The van der Waals surface area contributed by atoms with Crippen LogP contribution in [0.15, 0.2) is 22.9 Å². The Bertz CT molecular complexity index is 1460. The van der Waals surface area contributed by atoms with Crippen molar-refractivity contribution in [3.63, 3.8) is 0 Å². The van der Waals surface area contributed by atoms with Gasteiger partial charge < -0.3 is 14.0 Å². The molecular formula is C25H28N6O4S2. The molecule has 3 aromatic heterocycles. The molecule has 0 fully saturated rings. The lowest BCUT2D eigenvalue weighted by Gasteiger charge is -2.15. The SMILES string of the molecule is CCN(C(C)=O)c1nc(Cn2c(-c3csc(N(CC)C(C)=O)n3)nc3cc4c(cc32)OCCCO4)cs1. The summed E-state index contributed by atoms with van der Waals surface area (Å²) in [5.41, 5.74) is 3.09. The van der Waals surface area contributed by atoms with Gasteiger partial charge in [-0.3, -0.25) is 19.4 Å². The number of ether oxygens (including phenoxy) is 2. The lowest BCUT2D eigenvalue weighted by Crippen LogP contribution is -2.27. The van der Waals surface area contributed by atoms with Crippen molar-refractivity contribution in [2.75, 3.05) is 36.1 Å². The second-order valence-electron chi connectivity index (χ2n) is 8.52. The van der Waals surface area contributed by atoms with Gasteiger partial charge in [0.1, 0.15) is 5.69 Å². The van der Waals surface area contributed by atoms with Crippen molar-refractivity contribution in [3.8, 4) is 23.0 Å². The average Bonchev–Trinajstić information content (AvgIpc) is 3.55. The number of thiazole rings is 2. The monoisotopic (exact) mass is 540 g/mol. The van der Waals surface area contributed by atoms with E-state index in [0.717, 1.165) is 23.1 Å². The molecule has 2 amide bonds. The van der Waals surface area contributed by atoms with E-state index in [0.29, 0.717) is 66.1 Å². The molecule has 37 heavy (non-hydrogen) atoms. The van der Waals surface area contributed by atoms with Crippen LogP contribution in [0.5, 0.6) is 11.5 Å². The average molecular weight is 541 g/mol. The summed E-state index contributed by atoms with van der Waals surface area (Å²) in [4.78, 5) is 41.8. The smallest absolute Gasteiger partial charge is 0.225 e. The van der Waals surface area contributed by atoms with Crippen molar-refractivity contribution in [2.45, 2.75) is 40.7 Å². The fourth-order valence-electron chi connectivity index (χ4n) is 4.27. The van der Waals surface area contributed by atoms with Gasteiger partial charge in [-0.25, -0.2) is 15.0 Å². The first-order valence-electron chi connectivity index (χ1n) is 12.2. The first-order chi connectivity index (χ1) is 17.9. The van der Waals surface area contributed by atoms with Gasteiger partial charge in [0.2, 0.25) is 11.8 Å². The molecule has 0 aliphatic carbocycles. The Kier molecular flexibility index (Phi) is 7.11. The van der Waals surface area contributed by atoms with Crippen LogP contribution >= 0.6 is 22.7 Å². The minimum Gasteiger partial charge on any atom is -0.489 e. The lowest BCUT2D eigenvalue weighted by molar-refractivity contribution is -0.117. The highest BCUT2D eigenvalue weighted by Crippen LogP contribution is 2.37. The zero-order valence-corrected chi connectivity index (χ0v) is 22.8. The second-order valence-corrected chi connectivity index (χ2v) is 10.2. The molecule has 0 radical (unpaired) electrons. The van der Waals surface area contributed by atoms with Crippen LogP contribution in [0.2, 0.25) is 0 Å². The highest BCUT2D eigenvalue weighted by Gasteiger charge is 2.23. The van der Waals surface area contributed by atoms with Crippen LogP contribution in [0.25, 0.3) is 22.6 Å². The maximum Gasteiger partial charge on any atom is 0.225 e. The molecule has 10 nitrogen and oxygen atoms in total. The number of amides is 2. The number of fused-ring (bicyclic) bond motifs is 2. The van der Waals surface area contributed by atoms with Crippen molar-refractivity contribution < 1.29 is 19.1 Å². The fraction of sp³-hybridized carbons (Fsp3) is 0.400. The Morgan fingerprint density at radius 3 is 2.19 bits per heavy atom. The van der Waals surface area contributed by atoms with Crippen LogP contribution in [0, 0.1) is 0 Å². The molecule has 0 unspecified atom stereocenters. The fourth-order valence-corrected chi connectivity index (χ4v) is 6.10. The van der Waals surface area contributed by atoms with Crippen molar-refractivity contribution in [2.24, 2.45) is 0 Å². The van der Waals surface area contributed by atoms with Crippen molar-refractivity contribution in [1.29, 1.82) is 0 Å². The molecule has 0 atom stereocenters. The predicted octanol–water partition coefficient (Wildman–Crippen LogP) is 4.57. The number of nitrogens with zero attached hydrogens (tertiary/aromatic N) is 6. The van der Waals surface area contributed by atoms with E-state index in [1.165, 1.54) is 29.6 Å². The third-order valence-corrected chi connectivity index (χ3v) is 7.83. The summed E-state index contributed by atoms with van der Waals surface area (Å²) in [5.74, 6) is 1.91. The van der Waals surface area contributed by atoms with Crippen LogP contribution in [0.3, 0.4) is 0 Å². The molecule has 4 aromatic rings. The molecule has 0 N–H and O–H groups in total. The molecule has 4 heterocycles. The third-order valence-electron chi connectivity index (χ3n) is 6.05. The van der Waals surface area contributed by atoms with Crippen molar-refractivity contribution in [3.05, 3.63) is 28.6 Å². The van der Waals surface area contributed by atoms with E-state index in [1.54, 1.807) is 16.7 Å². The first kappa shape index (κ1) is 25.2. The largest absolute Gasteiger partial charge is 0.489 e. The van der Waals surface area contributed by atoms with Gasteiger partial charge in [-0.05, 0) is 13.8 Å². The summed E-state index contributed by atoms with van der Waals surface area (Å²) in [6.07, 6.45) is 0.814. The maximum absolute atomic E-state index is 12.1. The Labute approximate surface area is 222 Å². The molecular weight excluding hydrogens is 512 g/mol. The Morgan fingerprint density at radius 2 is 1.54 bits per heavy atom.